The lowest BCUT2D eigenvalue weighted by atomic mass is 9.78. The first-order valence-electron chi connectivity index (χ1n) is 11.2. The molecule has 0 aromatic heterocycles. The first-order valence-corrected chi connectivity index (χ1v) is 11.6. The summed E-state index contributed by atoms with van der Waals surface area (Å²) in [6.45, 7) is 2.10. The van der Waals surface area contributed by atoms with Crippen LogP contribution >= 0.6 is 11.6 Å². The van der Waals surface area contributed by atoms with Gasteiger partial charge in [-0.15, -0.1) is 0 Å². The Hall–Kier alpha value is -3.62. The van der Waals surface area contributed by atoms with E-state index in [2.05, 4.69) is 10.6 Å². The number of hydrogen-bond donors (Lipinski definition) is 2. The van der Waals surface area contributed by atoms with Gasteiger partial charge in [0, 0.05) is 32.8 Å². The number of benzene rings is 3. The average Bonchev–Trinajstić information content (AvgIpc) is 3.32. The van der Waals surface area contributed by atoms with Crippen LogP contribution in [-0.4, -0.2) is 30.0 Å². The van der Waals surface area contributed by atoms with Gasteiger partial charge in [0.2, 0.25) is 0 Å². The number of ether oxygens (including phenoxy) is 2. The Morgan fingerprint density at radius 1 is 1.09 bits per heavy atom. The lowest BCUT2D eigenvalue weighted by molar-refractivity contribution is -0.532. The second-order valence-electron chi connectivity index (χ2n) is 8.79. The lowest BCUT2D eigenvalue weighted by Crippen LogP contribution is -2.54. The summed E-state index contributed by atoms with van der Waals surface area (Å²) in [5.41, 5.74) is 1.23. The molecular weight excluding hydrogens is 470 g/mol. The molecule has 0 radical (unpaired) electrons. The molecule has 1 fully saturated rings. The number of nitro groups is 1. The van der Waals surface area contributed by atoms with Gasteiger partial charge >= 0.3 is 0 Å². The number of fused-ring (bicyclic) bond motifs is 2. The summed E-state index contributed by atoms with van der Waals surface area (Å²) in [6.07, 6.45) is 0. The molecule has 5 rings (SSSR count). The first kappa shape index (κ1) is 23.1. The summed E-state index contributed by atoms with van der Waals surface area (Å²) in [6, 6.07) is 18.2. The number of amides is 1. The predicted molar refractivity (Wildman–Crippen MR) is 132 cm³/mol. The van der Waals surface area contributed by atoms with Crippen LogP contribution in [0.4, 0.5) is 5.69 Å². The van der Waals surface area contributed by atoms with E-state index in [1.54, 1.807) is 48.5 Å². The molecule has 8 nitrogen and oxygen atoms in total. The Morgan fingerprint density at radius 2 is 1.83 bits per heavy atom. The number of para-hydroxylation sites is 1. The minimum absolute atomic E-state index is 0.244. The van der Waals surface area contributed by atoms with Gasteiger partial charge in [0.15, 0.2) is 17.0 Å². The molecule has 1 spiro atoms. The van der Waals surface area contributed by atoms with Crippen molar-refractivity contribution >= 4 is 23.2 Å². The van der Waals surface area contributed by atoms with Gasteiger partial charge in [-0.05, 0) is 36.8 Å². The molecule has 1 saturated heterocycles. The third kappa shape index (κ3) is 3.69. The number of nitrogens with zero attached hydrogens (tertiary/aromatic N) is 1. The van der Waals surface area contributed by atoms with Crippen molar-refractivity contribution in [3.05, 3.63) is 98.6 Å². The Morgan fingerprint density at radius 3 is 2.57 bits per heavy atom. The van der Waals surface area contributed by atoms with Crippen molar-refractivity contribution in [1.29, 1.82) is 0 Å². The van der Waals surface area contributed by atoms with Gasteiger partial charge in [-0.3, -0.25) is 20.2 Å². The van der Waals surface area contributed by atoms with Crippen LogP contribution in [0.25, 0.3) is 0 Å². The first-order chi connectivity index (χ1) is 16.9. The van der Waals surface area contributed by atoms with E-state index in [1.807, 2.05) is 25.1 Å². The summed E-state index contributed by atoms with van der Waals surface area (Å²) in [5.74, 6) is -0.0676. The highest BCUT2D eigenvalue weighted by atomic mass is 35.5. The molecule has 1 amide bonds. The molecule has 2 aliphatic heterocycles. The van der Waals surface area contributed by atoms with E-state index < -0.39 is 23.4 Å². The fraction of sp³-hybridized carbons (Fsp3) is 0.269. The molecule has 0 aliphatic carbocycles. The number of halogens is 1. The van der Waals surface area contributed by atoms with Crippen LogP contribution < -0.4 is 20.1 Å². The Labute approximate surface area is 207 Å². The normalized spacial score (nSPS) is 24.8. The summed E-state index contributed by atoms with van der Waals surface area (Å²) in [5, 5.41) is 19.2. The number of hydrogen-bond acceptors (Lipinski definition) is 6. The highest BCUT2D eigenvalue weighted by Gasteiger charge is 2.67. The molecule has 3 aromatic carbocycles. The number of anilines is 1. The maximum absolute atomic E-state index is 13.2. The molecule has 2 aliphatic rings. The predicted octanol–water partition coefficient (Wildman–Crippen LogP) is 4.50. The van der Waals surface area contributed by atoms with Gasteiger partial charge in [0.05, 0.1) is 13.0 Å². The van der Waals surface area contributed by atoms with E-state index in [-0.39, 0.29) is 17.6 Å². The molecule has 4 atom stereocenters. The lowest BCUT2D eigenvalue weighted by Gasteiger charge is -2.25. The number of nitrogens with one attached hydrogen (secondary N) is 2. The SMILES string of the molecule is COc1cc([C@@H]2[C@H](C)N[C@]3(C(=O)Nc4ccccc43)[C@@H]2[N+](=O)[O-])ccc1OCc1ccccc1Cl. The van der Waals surface area contributed by atoms with Crippen LogP contribution in [0.2, 0.25) is 5.02 Å². The second kappa shape index (κ2) is 8.87. The molecule has 0 bridgehead atoms. The molecular formula is C26H24ClN3O5. The van der Waals surface area contributed by atoms with Gasteiger partial charge < -0.3 is 14.8 Å². The zero-order valence-electron chi connectivity index (χ0n) is 19.2. The Bertz CT molecular complexity index is 1320. The smallest absolute Gasteiger partial charge is 0.256 e. The molecule has 2 N–H and O–H groups in total. The van der Waals surface area contributed by atoms with Gasteiger partial charge in [-0.2, -0.15) is 0 Å². The molecule has 35 heavy (non-hydrogen) atoms. The van der Waals surface area contributed by atoms with Crippen molar-refractivity contribution in [2.45, 2.75) is 37.1 Å². The zero-order valence-corrected chi connectivity index (χ0v) is 19.9. The van der Waals surface area contributed by atoms with Crippen molar-refractivity contribution in [2.24, 2.45) is 0 Å². The largest absolute Gasteiger partial charge is 0.493 e. The topological polar surface area (TPSA) is 103 Å². The van der Waals surface area contributed by atoms with Crippen molar-refractivity contribution in [2.75, 3.05) is 12.4 Å². The molecule has 9 heteroatoms. The van der Waals surface area contributed by atoms with Crippen molar-refractivity contribution < 1.29 is 19.2 Å². The van der Waals surface area contributed by atoms with Crippen LogP contribution in [0, 0.1) is 10.1 Å². The van der Waals surface area contributed by atoms with Crippen LogP contribution in [0.1, 0.15) is 29.5 Å². The van der Waals surface area contributed by atoms with E-state index in [0.717, 1.165) is 5.56 Å². The number of methoxy groups -OCH3 is 1. The highest BCUT2D eigenvalue weighted by Crippen LogP contribution is 2.50. The van der Waals surface area contributed by atoms with Crippen molar-refractivity contribution in [3.63, 3.8) is 0 Å². The quantitative estimate of drug-likeness (QED) is 0.387. The summed E-state index contributed by atoms with van der Waals surface area (Å²) < 4.78 is 11.5. The molecule has 0 unspecified atom stereocenters. The maximum atomic E-state index is 13.2. The second-order valence-corrected chi connectivity index (χ2v) is 9.19. The monoisotopic (exact) mass is 493 g/mol. The summed E-state index contributed by atoms with van der Waals surface area (Å²) in [7, 11) is 1.52. The third-order valence-electron chi connectivity index (χ3n) is 6.88. The van der Waals surface area contributed by atoms with Gasteiger partial charge in [0.25, 0.3) is 11.9 Å². The minimum Gasteiger partial charge on any atom is -0.493 e. The maximum Gasteiger partial charge on any atom is 0.256 e. The zero-order chi connectivity index (χ0) is 24.7. The van der Waals surface area contributed by atoms with Gasteiger partial charge in [-0.1, -0.05) is 54.1 Å². The van der Waals surface area contributed by atoms with E-state index >= 15 is 0 Å². The van der Waals surface area contributed by atoms with E-state index in [9.17, 15) is 14.9 Å². The van der Waals surface area contributed by atoms with E-state index in [0.29, 0.717) is 33.3 Å². The fourth-order valence-corrected chi connectivity index (χ4v) is 5.53. The van der Waals surface area contributed by atoms with Gasteiger partial charge in [0.1, 0.15) is 6.61 Å². The van der Waals surface area contributed by atoms with Crippen LogP contribution in [0.15, 0.2) is 66.7 Å². The van der Waals surface area contributed by atoms with Crippen LogP contribution in [0.5, 0.6) is 11.5 Å². The standard InChI is InChI=1S/C26H24ClN3O5/c1-15-23(24(30(32)33)26(29-15)18-8-4-6-10-20(18)28-25(26)31)16-11-12-21(22(13-16)34-2)35-14-17-7-3-5-9-19(17)27/h3-13,15,23-24,29H,14H2,1-2H3,(H,28,31)/t15-,23-,24+,26-/m0/s1. The fourth-order valence-electron chi connectivity index (χ4n) is 5.34. The Balaban J connectivity index is 1.50. The number of rotatable bonds is 6. The number of carbonyl (C=O) groups is 1. The molecule has 0 saturated carbocycles. The molecule has 180 valence electrons. The Kier molecular flexibility index (Phi) is 5.86. The van der Waals surface area contributed by atoms with Crippen molar-refractivity contribution in [1.82, 2.24) is 5.32 Å². The van der Waals surface area contributed by atoms with Crippen molar-refractivity contribution in [3.8, 4) is 11.5 Å². The van der Waals surface area contributed by atoms with Crippen LogP contribution in [-0.2, 0) is 16.9 Å². The number of carbonyl (C=O) groups excluding carboxylic acids is 1. The van der Waals surface area contributed by atoms with Gasteiger partial charge in [-0.25, -0.2) is 0 Å². The molecule has 3 aromatic rings. The summed E-state index contributed by atoms with van der Waals surface area (Å²) >= 11 is 6.23. The van der Waals surface area contributed by atoms with E-state index in [4.69, 9.17) is 21.1 Å². The minimum atomic E-state index is -1.46. The highest BCUT2D eigenvalue weighted by molar-refractivity contribution is 6.31. The summed E-state index contributed by atoms with van der Waals surface area (Å²) in [4.78, 5) is 25.3. The van der Waals surface area contributed by atoms with Crippen LogP contribution in [0.3, 0.4) is 0 Å². The average molecular weight is 494 g/mol. The molecule has 2 heterocycles. The van der Waals surface area contributed by atoms with E-state index in [1.165, 1.54) is 7.11 Å². The third-order valence-corrected chi connectivity index (χ3v) is 7.25.